The fraction of sp³-hybridized carbons (Fsp3) is 0.571. The van der Waals surface area contributed by atoms with Gasteiger partial charge in [0.05, 0.1) is 5.69 Å². The minimum atomic E-state index is -0.178. The van der Waals surface area contributed by atoms with E-state index >= 15 is 0 Å². The molecule has 1 aromatic rings. The average Bonchev–Trinajstić information content (AvgIpc) is 2.28. The van der Waals surface area contributed by atoms with Gasteiger partial charge < -0.3 is 5.32 Å². The summed E-state index contributed by atoms with van der Waals surface area (Å²) in [5.74, 6) is 1.33. The molecule has 0 aliphatic heterocycles. The van der Waals surface area contributed by atoms with Gasteiger partial charge in [0.25, 0.3) is 0 Å². The van der Waals surface area contributed by atoms with E-state index in [-0.39, 0.29) is 5.82 Å². The Morgan fingerprint density at radius 2 is 2.24 bits per heavy atom. The minimum absolute atomic E-state index is 0.178. The first-order valence-electron chi connectivity index (χ1n) is 6.34. The molecule has 0 saturated heterocycles. The van der Waals surface area contributed by atoms with Crippen LogP contribution in [0.15, 0.2) is 22.7 Å². The first-order chi connectivity index (χ1) is 8.16. The minimum Gasteiger partial charge on any atom is -0.381 e. The van der Waals surface area contributed by atoms with Crippen molar-refractivity contribution in [3.05, 3.63) is 28.5 Å². The SMILES string of the molecule is CC1CCCC(CNc2c(F)cccc2Br)C1. The third-order valence-corrected chi connectivity index (χ3v) is 4.24. The molecule has 1 aliphatic rings. The highest BCUT2D eigenvalue weighted by Crippen LogP contribution is 2.30. The van der Waals surface area contributed by atoms with E-state index in [9.17, 15) is 4.39 Å². The quantitative estimate of drug-likeness (QED) is 0.843. The van der Waals surface area contributed by atoms with Crippen LogP contribution in [-0.4, -0.2) is 6.54 Å². The van der Waals surface area contributed by atoms with Gasteiger partial charge >= 0.3 is 0 Å². The number of benzene rings is 1. The number of hydrogen-bond donors (Lipinski definition) is 1. The fourth-order valence-corrected chi connectivity index (χ4v) is 3.14. The summed E-state index contributed by atoms with van der Waals surface area (Å²) in [5.41, 5.74) is 0.603. The molecule has 1 aliphatic carbocycles. The Hall–Kier alpha value is -0.570. The number of para-hydroxylation sites is 1. The van der Waals surface area contributed by atoms with E-state index in [2.05, 4.69) is 28.2 Å². The van der Waals surface area contributed by atoms with Crippen LogP contribution in [0, 0.1) is 17.7 Å². The molecule has 0 amide bonds. The van der Waals surface area contributed by atoms with Crippen LogP contribution >= 0.6 is 15.9 Å². The Morgan fingerprint density at radius 1 is 1.41 bits per heavy atom. The summed E-state index contributed by atoms with van der Waals surface area (Å²) >= 11 is 3.38. The van der Waals surface area contributed by atoms with Crippen LogP contribution in [0.3, 0.4) is 0 Å². The van der Waals surface area contributed by atoms with Crippen LogP contribution < -0.4 is 5.32 Å². The average molecular weight is 300 g/mol. The lowest BCUT2D eigenvalue weighted by Crippen LogP contribution is -2.21. The number of halogens is 2. The van der Waals surface area contributed by atoms with Gasteiger partial charge in [-0.2, -0.15) is 0 Å². The summed E-state index contributed by atoms with van der Waals surface area (Å²) in [6.07, 6.45) is 5.19. The molecule has 0 aromatic heterocycles. The van der Waals surface area contributed by atoms with Gasteiger partial charge in [-0.25, -0.2) is 4.39 Å². The summed E-state index contributed by atoms with van der Waals surface area (Å²) < 4.78 is 14.4. The second kappa shape index (κ2) is 5.85. The Morgan fingerprint density at radius 3 is 2.94 bits per heavy atom. The lowest BCUT2D eigenvalue weighted by Gasteiger charge is -2.27. The molecule has 1 nitrogen and oxygen atoms in total. The standard InChI is InChI=1S/C14H19BrFN/c1-10-4-2-5-11(8-10)9-17-14-12(15)6-3-7-13(14)16/h3,6-7,10-11,17H,2,4-5,8-9H2,1H3. The van der Waals surface area contributed by atoms with Crippen molar-refractivity contribution in [2.45, 2.75) is 32.6 Å². The lowest BCUT2D eigenvalue weighted by molar-refractivity contribution is 0.293. The molecule has 3 heteroatoms. The first kappa shape index (κ1) is 12.9. The van der Waals surface area contributed by atoms with Gasteiger partial charge in [-0.15, -0.1) is 0 Å². The molecule has 2 rings (SSSR count). The molecule has 1 fully saturated rings. The van der Waals surface area contributed by atoms with Crippen molar-refractivity contribution < 1.29 is 4.39 Å². The molecule has 0 bridgehead atoms. The second-order valence-electron chi connectivity index (χ2n) is 5.12. The van der Waals surface area contributed by atoms with E-state index < -0.39 is 0 Å². The van der Waals surface area contributed by atoms with Gasteiger partial charge in [0.1, 0.15) is 5.82 Å². The maximum absolute atomic E-state index is 13.6. The third-order valence-electron chi connectivity index (χ3n) is 3.58. The van der Waals surface area contributed by atoms with Gasteiger partial charge in [0.2, 0.25) is 0 Å². The van der Waals surface area contributed by atoms with E-state index in [1.165, 1.54) is 31.7 Å². The summed E-state index contributed by atoms with van der Waals surface area (Å²) in [6, 6.07) is 5.08. The van der Waals surface area contributed by atoms with Crippen molar-refractivity contribution >= 4 is 21.6 Å². The maximum atomic E-state index is 13.6. The van der Waals surface area contributed by atoms with Crippen molar-refractivity contribution in [2.24, 2.45) is 11.8 Å². The van der Waals surface area contributed by atoms with Crippen LogP contribution in [0.2, 0.25) is 0 Å². The summed E-state index contributed by atoms with van der Waals surface area (Å²) in [4.78, 5) is 0. The predicted molar refractivity (Wildman–Crippen MR) is 73.7 cm³/mol. The van der Waals surface area contributed by atoms with Crippen molar-refractivity contribution in [3.8, 4) is 0 Å². The number of rotatable bonds is 3. The molecule has 0 radical (unpaired) electrons. The molecular formula is C14H19BrFN. The number of hydrogen-bond acceptors (Lipinski definition) is 1. The zero-order chi connectivity index (χ0) is 12.3. The number of nitrogens with one attached hydrogen (secondary N) is 1. The van der Waals surface area contributed by atoms with E-state index in [0.29, 0.717) is 11.6 Å². The summed E-state index contributed by atoms with van der Waals surface area (Å²) in [7, 11) is 0. The zero-order valence-electron chi connectivity index (χ0n) is 10.2. The fourth-order valence-electron chi connectivity index (χ4n) is 2.66. The Labute approximate surface area is 111 Å². The van der Waals surface area contributed by atoms with Gasteiger partial charge in [0, 0.05) is 11.0 Å². The van der Waals surface area contributed by atoms with Crippen LogP contribution in [0.25, 0.3) is 0 Å². The normalized spacial score (nSPS) is 24.6. The van der Waals surface area contributed by atoms with E-state index in [0.717, 1.165) is 16.9 Å². The molecular weight excluding hydrogens is 281 g/mol. The van der Waals surface area contributed by atoms with Crippen LogP contribution in [0.4, 0.5) is 10.1 Å². The van der Waals surface area contributed by atoms with Gasteiger partial charge in [-0.05, 0) is 52.7 Å². The molecule has 94 valence electrons. The first-order valence-corrected chi connectivity index (χ1v) is 7.14. The molecule has 0 spiro atoms. The highest BCUT2D eigenvalue weighted by molar-refractivity contribution is 9.10. The predicted octanol–water partition coefficient (Wildman–Crippen LogP) is 4.83. The molecule has 2 atom stereocenters. The summed E-state index contributed by atoms with van der Waals surface area (Å²) in [6.45, 7) is 3.19. The van der Waals surface area contributed by atoms with Crippen molar-refractivity contribution in [1.82, 2.24) is 0 Å². The zero-order valence-corrected chi connectivity index (χ0v) is 11.8. The van der Waals surface area contributed by atoms with Gasteiger partial charge in [-0.3, -0.25) is 0 Å². The van der Waals surface area contributed by atoms with Crippen molar-refractivity contribution in [1.29, 1.82) is 0 Å². The Kier molecular flexibility index (Phi) is 4.43. The van der Waals surface area contributed by atoms with E-state index in [1.54, 1.807) is 6.07 Å². The van der Waals surface area contributed by atoms with Crippen molar-refractivity contribution in [3.63, 3.8) is 0 Å². The van der Waals surface area contributed by atoms with Crippen LogP contribution in [-0.2, 0) is 0 Å². The second-order valence-corrected chi connectivity index (χ2v) is 5.97. The van der Waals surface area contributed by atoms with Crippen molar-refractivity contribution in [2.75, 3.05) is 11.9 Å². The third kappa shape index (κ3) is 3.44. The smallest absolute Gasteiger partial charge is 0.147 e. The van der Waals surface area contributed by atoms with Crippen LogP contribution in [0.1, 0.15) is 32.6 Å². The topological polar surface area (TPSA) is 12.0 Å². The maximum Gasteiger partial charge on any atom is 0.147 e. The molecule has 0 heterocycles. The molecule has 1 aromatic carbocycles. The number of anilines is 1. The molecule has 1 saturated carbocycles. The van der Waals surface area contributed by atoms with Crippen LogP contribution in [0.5, 0.6) is 0 Å². The Bertz CT molecular complexity index is 360. The largest absolute Gasteiger partial charge is 0.381 e. The highest BCUT2D eigenvalue weighted by atomic mass is 79.9. The monoisotopic (exact) mass is 299 g/mol. The molecule has 2 unspecified atom stereocenters. The van der Waals surface area contributed by atoms with Gasteiger partial charge in [-0.1, -0.05) is 25.8 Å². The Balaban J connectivity index is 1.93. The molecule has 17 heavy (non-hydrogen) atoms. The lowest BCUT2D eigenvalue weighted by atomic mass is 9.82. The van der Waals surface area contributed by atoms with E-state index in [1.807, 2.05) is 6.07 Å². The van der Waals surface area contributed by atoms with E-state index in [4.69, 9.17) is 0 Å². The molecule has 1 N–H and O–H groups in total. The highest BCUT2D eigenvalue weighted by Gasteiger charge is 2.19. The van der Waals surface area contributed by atoms with Gasteiger partial charge in [0.15, 0.2) is 0 Å². The summed E-state index contributed by atoms with van der Waals surface area (Å²) in [5, 5.41) is 3.25.